The summed E-state index contributed by atoms with van der Waals surface area (Å²) in [7, 11) is 2.03. The van der Waals surface area contributed by atoms with Gasteiger partial charge in [-0.3, -0.25) is 10.7 Å². The predicted molar refractivity (Wildman–Crippen MR) is 62.5 cm³/mol. The number of hydrazine groups is 1. The van der Waals surface area contributed by atoms with Crippen molar-refractivity contribution in [2.24, 2.45) is 5.84 Å². The van der Waals surface area contributed by atoms with E-state index in [1.807, 2.05) is 7.05 Å². The Balaban J connectivity index is 2.70. The third-order valence-electron chi connectivity index (χ3n) is 2.11. The van der Waals surface area contributed by atoms with E-state index in [4.69, 9.17) is 5.84 Å². The second-order valence-electron chi connectivity index (χ2n) is 3.45. The average Bonchev–Trinajstić information content (AvgIpc) is 2.12. The van der Waals surface area contributed by atoms with Crippen LogP contribution in [-0.4, -0.2) is 18.6 Å². The van der Waals surface area contributed by atoms with Gasteiger partial charge in [0.2, 0.25) is 0 Å². The predicted octanol–water partition coefficient (Wildman–Crippen LogP) is 1.61. The van der Waals surface area contributed by atoms with Gasteiger partial charge in [-0.15, -0.1) is 0 Å². The first-order chi connectivity index (χ1) is 6.63. The smallest absolute Gasteiger partial charge is 0.0612 e. The van der Waals surface area contributed by atoms with Gasteiger partial charge in [0.25, 0.3) is 0 Å². The van der Waals surface area contributed by atoms with Crippen LogP contribution in [0.2, 0.25) is 0 Å². The fraction of sp³-hybridized carbons (Fsp3) is 0.400. The number of nitrogens with one attached hydrogen (secondary N) is 1. The minimum absolute atomic E-state index is 0.686. The third kappa shape index (κ3) is 3.38. The number of aryl methyl sites for hydroxylation is 1. The first-order valence-corrected chi connectivity index (χ1v) is 5.30. The first-order valence-electron chi connectivity index (χ1n) is 4.50. The molecule has 0 radical (unpaired) electrons. The van der Waals surface area contributed by atoms with Crippen LogP contribution in [0.5, 0.6) is 0 Å². The van der Waals surface area contributed by atoms with E-state index in [9.17, 15) is 0 Å². The van der Waals surface area contributed by atoms with Crippen molar-refractivity contribution in [1.82, 2.24) is 10.3 Å². The lowest BCUT2D eigenvalue weighted by molar-refractivity contribution is 0.301. The van der Waals surface area contributed by atoms with Crippen LogP contribution in [0.1, 0.15) is 11.1 Å². The van der Waals surface area contributed by atoms with Gasteiger partial charge in [0.1, 0.15) is 0 Å². The maximum Gasteiger partial charge on any atom is 0.0612 e. The molecule has 0 aliphatic heterocycles. The van der Waals surface area contributed by atoms with Crippen molar-refractivity contribution in [2.45, 2.75) is 13.5 Å². The molecule has 0 aromatic heterocycles. The molecule has 3 nitrogen and oxygen atoms in total. The van der Waals surface area contributed by atoms with Gasteiger partial charge >= 0.3 is 0 Å². The van der Waals surface area contributed by atoms with Crippen LogP contribution in [0.3, 0.4) is 0 Å². The zero-order chi connectivity index (χ0) is 10.6. The summed E-state index contributed by atoms with van der Waals surface area (Å²) in [4.78, 5) is 2.12. The molecular formula is C10H16BrN3. The van der Waals surface area contributed by atoms with Gasteiger partial charge in [-0.05, 0) is 37.2 Å². The highest BCUT2D eigenvalue weighted by atomic mass is 79.9. The summed E-state index contributed by atoms with van der Waals surface area (Å²) < 4.78 is 1.12. The summed E-state index contributed by atoms with van der Waals surface area (Å²) in [6, 6.07) is 6.31. The van der Waals surface area contributed by atoms with E-state index >= 15 is 0 Å². The molecule has 0 bridgehead atoms. The van der Waals surface area contributed by atoms with Crippen LogP contribution in [0.25, 0.3) is 0 Å². The number of halogens is 1. The van der Waals surface area contributed by atoms with E-state index in [1.54, 1.807) is 0 Å². The van der Waals surface area contributed by atoms with Crippen LogP contribution < -0.4 is 11.3 Å². The molecule has 0 atom stereocenters. The van der Waals surface area contributed by atoms with Crippen molar-refractivity contribution in [1.29, 1.82) is 0 Å². The molecule has 4 heteroatoms. The van der Waals surface area contributed by atoms with Crippen molar-refractivity contribution in [3.8, 4) is 0 Å². The highest BCUT2D eigenvalue weighted by Gasteiger charge is 2.02. The normalized spacial score (nSPS) is 10.9. The average molecular weight is 258 g/mol. The summed E-state index contributed by atoms with van der Waals surface area (Å²) in [6.07, 6.45) is 0. The zero-order valence-electron chi connectivity index (χ0n) is 8.55. The Morgan fingerprint density at radius 2 is 2.21 bits per heavy atom. The fourth-order valence-electron chi connectivity index (χ4n) is 1.31. The standard InChI is InChI=1S/C10H16BrN3/c1-8-3-4-10(11)5-9(8)6-14(2)7-13-12/h3-5,13H,6-7,12H2,1-2H3. The topological polar surface area (TPSA) is 41.3 Å². The lowest BCUT2D eigenvalue weighted by Gasteiger charge is -2.17. The Morgan fingerprint density at radius 3 is 2.86 bits per heavy atom. The van der Waals surface area contributed by atoms with Gasteiger partial charge in [0.15, 0.2) is 0 Å². The van der Waals surface area contributed by atoms with Crippen LogP contribution in [0, 0.1) is 6.92 Å². The molecule has 0 saturated carbocycles. The molecule has 0 amide bonds. The summed E-state index contributed by atoms with van der Waals surface area (Å²) in [6.45, 7) is 3.70. The summed E-state index contributed by atoms with van der Waals surface area (Å²) >= 11 is 3.47. The Morgan fingerprint density at radius 1 is 1.50 bits per heavy atom. The largest absolute Gasteiger partial charge is 0.288 e. The van der Waals surface area contributed by atoms with Gasteiger partial charge in [-0.25, -0.2) is 5.43 Å². The Bertz CT molecular complexity index is 301. The van der Waals surface area contributed by atoms with Crippen molar-refractivity contribution < 1.29 is 0 Å². The second-order valence-corrected chi connectivity index (χ2v) is 4.36. The molecule has 3 N–H and O–H groups in total. The molecule has 1 aromatic rings. The number of hydrogen-bond donors (Lipinski definition) is 2. The molecule has 14 heavy (non-hydrogen) atoms. The lowest BCUT2D eigenvalue weighted by Crippen LogP contribution is -2.35. The van der Waals surface area contributed by atoms with Crippen LogP contribution in [0.4, 0.5) is 0 Å². The fourth-order valence-corrected chi connectivity index (χ4v) is 1.72. The van der Waals surface area contributed by atoms with Crippen molar-refractivity contribution in [3.05, 3.63) is 33.8 Å². The molecule has 0 spiro atoms. The summed E-state index contributed by atoms with van der Waals surface area (Å²) in [5.74, 6) is 5.25. The van der Waals surface area contributed by atoms with E-state index in [-0.39, 0.29) is 0 Å². The van der Waals surface area contributed by atoms with Gasteiger partial charge in [0, 0.05) is 11.0 Å². The van der Waals surface area contributed by atoms with Crippen molar-refractivity contribution in [2.75, 3.05) is 13.7 Å². The van der Waals surface area contributed by atoms with Gasteiger partial charge in [-0.1, -0.05) is 22.0 Å². The summed E-state index contributed by atoms with van der Waals surface area (Å²) in [5, 5.41) is 0. The van der Waals surface area contributed by atoms with Crippen LogP contribution in [0.15, 0.2) is 22.7 Å². The molecule has 0 unspecified atom stereocenters. The second kappa shape index (κ2) is 5.46. The molecule has 0 aliphatic rings. The number of rotatable bonds is 4. The number of nitrogens with zero attached hydrogens (tertiary/aromatic N) is 1. The molecule has 0 saturated heterocycles. The molecule has 1 aromatic carbocycles. The maximum absolute atomic E-state index is 5.25. The lowest BCUT2D eigenvalue weighted by atomic mass is 10.1. The van der Waals surface area contributed by atoms with E-state index < -0.39 is 0 Å². The SMILES string of the molecule is Cc1ccc(Br)cc1CN(C)CNN. The Labute approximate surface area is 93.4 Å². The first kappa shape index (κ1) is 11.7. The molecule has 78 valence electrons. The number of benzene rings is 1. The van der Waals surface area contributed by atoms with Gasteiger partial charge < -0.3 is 0 Å². The highest BCUT2D eigenvalue weighted by molar-refractivity contribution is 9.10. The third-order valence-corrected chi connectivity index (χ3v) is 2.61. The zero-order valence-corrected chi connectivity index (χ0v) is 10.1. The van der Waals surface area contributed by atoms with E-state index in [1.165, 1.54) is 11.1 Å². The minimum Gasteiger partial charge on any atom is -0.288 e. The van der Waals surface area contributed by atoms with Crippen LogP contribution in [-0.2, 0) is 6.54 Å². The van der Waals surface area contributed by atoms with Gasteiger partial charge in [0.05, 0.1) is 6.67 Å². The summed E-state index contributed by atoms with van der Waals surface area (Å²) in [5.41, 5.74) is 5.26. The molecular weight excluding hydrogens is 242 g/mol. The Kier molecular flexibility index (Phi) is 4.54. The van der Waals surface area contributed by atoms with Gasteiger partial charge in [-0.2, -0.15) is 0 Å². The Hall–Kier alpha value is -0.420. The molecule has 1 rings (SSSR count). The van der Waals surface area contributed by atoms with E-state index in [0.29, 0.717) is 6.67 Å². The molecule has 0 aliphatic carbocycles. The highest BCUT2D eigenvalue weighted by Crippen LogP contribution is 2.16. The van der Waals surface area contributed by atoms with Crippen LogP contribution >= 0.6 is 15.9 Å². The maximum atomic E-state index is 5.25. The minimum atomic E-state index is 0.686. The molecule has 0 heterocycles. The van der Waals surface area contributed by atoms with Crippen molar-refractivity contribution in [3.63, 3.8) is 0 Å². The molecule has 0 fully saturated rings. The number of hydrogen-bond acceptors (Lipinski definition) is 3. The van der Waals surface area contributed by atoms with E-state index in [0.717, 1.165) is 11.0 Å². The quantitative estimate of drug-likeness (QED) is 0.490. The monoisotopic (exact) mass is 257 g/mol. The number of nitrogens with two attached hydrogens (primary N) is 1. The van der Waals surface area contributed by atoms with E-state index in [2.05, 4.69) is 51.4 Å². The van der Waals surface area contributed by atoms with Crippen molar-refractivity contribution >= 4 is 15.9 Å².